The highest BCUT2D eigenvalue weighted by molar-refractivity contribution is 5.85. The Labute approximate surface area is 140 Å². The summed E-state index contributed by atoms with van der Waals surface area (Å²) in [5, 5.41) is 6.48. The minimum absolute atomic E-state index is 0. The molecule has 1 unspecified atom stereocenters. The number of halogens is 1. The second-order valence-corrected chi connectivity index (χ2v) is 5.98. The van der Waals surface area contributed by atoms with E-state index in [2.05, 4.69) is 53.6 Å². The summed E-state index contributed by atoms with van der Waals surface area (Å²) in [6, 6.07) is 8.53. The van der Waals surface area contributed by atoms with Gasteiger partial charge in [-0.05, 0) is 50.9 Å². The molecule has 0 saturated carbocycles. The first-order valence-electron chi connectivity index (χ1n) is 7.92. The highest BCUT2D eigenvalue weighted by Gasteiger charge is 2.14. The van der Waals surface area contributed by atoms with Crippen molar-refractivity contribution >= 4 is 18.3 Å². The summed E-state index contributed by atoms with van der Waals surface area (Å²) in [6.45, 7) is 8.71. The molecule has 1 aliphatic rings. The highest BCUT2D eigenvalue weighted by atomic mass is 35.5. The molecule has 2 N–H and O–H groups in total. The topological polar surface area (TPSA) is 44.4 Å². The lowest BCUT2D eigenvalue weighted by molar-refractivity contribution is -0.122. The summed E-state index contributed by atoms with van der Waals surface area (Å²) in [7, 11) is 0. The predicted molar refractivity (Wildman–Crippen MR) is 93.7 cm³/mol. The van der Waals surface area contributed by atoms with E-state index >= 15 is 0 Å². The van der Waals surface area contributed by atoms with Crippen LogP contribution in [0.5, 0.6) is 0 Å². The van der Waals surface area contributed by atoms with Gasteiger partial charge in [-0.1, -0.05) is 24.3 Å². The van der Waals surface area contributed by atoms with Crippen LogP contribution >= 0.6 is 12.4 Å². The number of carbonyl (C=O) groups is 1. The van der Waals surface area contributed by atoms with Gasteiger partial charge >= 0.3 is 0 Å². The lowest BCUT2D eigenvalue weighted by Crippen LogP contribution is -2.42. The van der Waals surface area contributed by atoms with Gasteiger partial charge in [0.15, 0.2) is 0 Å². The second-order valence-electron chi connectivity index (χ2n) is 5.98. The van der Waals surface area contributed by atoms with Gasteiger partial charge in [0.2, 0.25) is 5.91 Å². The SMILES string of the molecule is Cc1ccccc1CC(C)NC(=O)CN1CCCNCC1.Cl. The predicted octanol–water partition coefficient (Wildman–Crippen LogP) is 1.76. The minimum atomic E-state index is 0. The maximum absolute atomic E-state index is 12.1. The number of nitrogens with one attached hydrogen (secondary N) is 2. The first kappa shape index (κ1) is 18.9. The lowest BCUT2D eigenvalue weighted by Gasteiger charge is -2.21. The van der Waals surface area contributed by atoms with Crippen LogP contribution in [0.15, 0.2) is 24.3 Å². The Morgan fingerprint density at radius 1 is 1.32 bits per heavy atom. The number of benzene rings is 1. The molecule has 1 fully saturated rings. The quantitative estimate of drug-likeness (QED) is 0.867. The van der Waals surface area contributed by atoms with Gasteiger partial charge in [-0.25, -0.2) is 0 Å². The van der Waals surface area contributed by atoms with Crippen molar-refractivity contribution in [3.8, 4) is 0 Å². The second kappa shape index (κ2) is 9.82. The van der Waals surface area contributed by atoms with Crippen LogP contribution in [-0.2, 0) is 11.2 Å². The van der Waals surface area contributed by atoms with Crippen molar-refractivity contribution in [3.05, 3.63) is 35.4 Å². The zero-order valence-electron chi connectivity index (χ0n) is 13.6. The number of hydrogen-bond donors (Lipinski definition) is 2. The maximum Gasteiger partial charge on any atom is 0.234 e. The minimum Gasteiger partial charge on any atom is -0.352 e. The average Bonchev–Trinajstić information content (AvgIpc) is 2.69. The molecule has 1 atom stereocenters. The molecule has 1 aromatic rings. The summed E-state index contributed by atoms with van der Waals surface area (Å²) in [4.78, 5) is 14.4. The third kappa shape index (κ3) is 6.34. The van der Waals surface area contributed by atoms with E-state index in [9.17, 15) is 4.79 Å². The van der Waals surface area contributed by atoms with Crippen LogP contribution in [0.4, 0.5) is 0 Å². The summed E-state index contributed by atoms with van der Waals surface area (Å²) < 4.78 is 0. The van der Waals surface area contributed by atoms with Gasteiger partial charge in [0.25, 0.3) is 0 Å². The Hall–Kier alpha value is -1.10. The first-order valence-corrected chi connectivity index (χ1v) is 7.92. The Balaban J connectivity index is 0.00000242. The van der Waals surface area contributed by atoms with Crippen molar-refractivity contribution in [3.63, 3.8) is 0 Å². The molecule has 0 spiro atoms. The highest BCUT2D eigenvalue weighted by Crippen LogP contribution is 2.09. The van der Waals surface area contributed by atoms with Crippen LogP contribution in [0.25, 0.3) is 0 Å². The van der Waals surface area contributed by atoms with Crippen LogP contribution in [0.2, 0.25) is 0 Å². The molecule has 1 amide bonds. The number of hydrogen-bond acceptors (Lipinski definition) is 3. The molecule has 0 aliphatic carbocycles. The van der Waals surface area contributed by atoms with Crippen molar-refractivity contribution in [2.24, 2.45) is 0 Å². The van der Waals surface area contributed by atoms with Gasteiger partial charge in [0.05, 0.1) is 6.54 Å². The molecular weight excluding hydrogens is 298 g/mol. The molecule has 1 saturated heterocycles. The van der Waals surface area contributed by atoms with Crippen molar-refractivity contribution in [1.29, 1.82) is 0 Å². The van der Waals surface area contributed by atoms with Gasteiger partial charge in [-0.2, -0.15) is 0 Å². The molecule has 0 aromatic heterocycles. The number of rotatable bonds is 5. The molecule has 1 aliphatic heterocycles. The van der Waals surface area contributed by atoms with E-state index in [0.29, 0.717) is 6.54 Å². The van der Waals surface area contributed by atoms with Gasteiger partial charge in [-0.3, -0.25) is 9.69 Å². The Kier molecular flexibility index (Phi) is 8.46. The standard InChI is InChI=1S/C17H27N3O.ClH/c1-14-6-3-4-7-16(14)12-15(2)19-17(21)13-20-10-5-8-18-9-11-20;/h3-4,6-7,15,18H,5,8-13H2,1-2H3,(H,19,21);1H. The van der Waals surface area contributed by atoms with Crippen molar-refractivity contribution in [2.45, 2.75) is 32.7 Å². The smallest absolute Gasteiger partial charge is 0.234 e. The number of carbonyl (C=O) groups excluding carboxylic acids is 1. The normalized spacial score (nSPS) is 17.2. The molecule has 22 heavy (non-hydrogen) atoms. The van der Waals surface area contributed by atoms with Gasteiger partial charge in [0.1, 0.15) is 0 Å². The molecule has 1 aromatic carbocycles. The fourth-order valence-corrected chi connectivity index (χ4v) is 2.80. The van der Waals surface area contributed by atoms with E-state index in [4.69, 9.17) is 0 Å². The van der Waals surface area contributed by atoms with Crippen LogP contribution in [-0.4, -0.2) is 49.6 Å². The van der Waals surface area contributed by atoms with Gasteiger partial charge < -0.3 is 10.6 Å². The third-order valence-corrected chi connectivity index (χ3v) is 3.99. The molecule has 5 heteroatoms. The summed E-state index contributed by atoms with van der Waals surface area (Å²) >= 11 is 0. The van der Waals surface area contributed by atoms with Crippen molar-refractivity contribution in [2.75, 3.05) is 32.7 Å². The third-order valence-electron chi connectivity index (χ3n) is 3.99. The van der Waals surface area contributed by atoms with E-state index in [1.54, 1.807) is 0 Å². The average molecular weight is 326 g/mol. The monoisotopic (exact) mass is 325 g/mol. The fraction of sp³-hybridized carbons (Fsp3) is 0.588. The van der Waals surface area contributed by atoms with E-state index in [0.717, 1.165) is 39.0 Å². The zero-order chi connectivity index (χ0) is 15.1. The van der Waals surface area contributed by atoms with E-state index in [1.165, 1.54) is 11.1 Å². The Bertz CT molecular complexity index is 459. The van der Waals surface area contributed by atoms with E-state index < -0.39 is 0 Å². The summed E-state index contributed by atoms with van der Waals surface area (Å²) in [5.74, 6) is 0.137. The van der Waals surface area contributed by atoms with Crippen molar-refractivity contribution in [1.82, 2.24) is 15.5 Å². The molecule has 0 radical (unpaired) electrons. The van der Waals surface area contributed by atoms with Crippen LogP contribution < -0.4 is 10.6 Å². The first-order chi connectivity index (χ1) is 10.1. The molecule has 0 bridgehead atoms. The van der Waals surface area contributed by atoms with Crippen molar-refractivity contribution < 1.29 is 4.79 Å². The Morgan fingerprint density at radius 3 is 2.86 bits per heavy atom. The molecule has 4 nitrogen and oxygen atoms in total. The van der Waals surface area contributed by atoms with Crippen LogP contribution in [0.1, 0.15) is 24.5 Å². The summed E-state index contributed by atoms with van der Waals surface area (Å²) in [5.41, 5.74) is 2.60. The number of amides is 1. The number of aryl methyl sites for hydroxylation is 1. The van der Waals surface area contributed by atoms with E-state index in [-0.39, 0.29) is 24.4 Å². The zero-order valence-corrected chi connectivity index (χ0v) is 14.4. The fourth-order valence-electron chi connectivity index (χ4n) is 2.80. The van der Waals surface area contributed by atoms with Crippen LogP contribution in [0, 0.1) is 6.92 Å². The van der Waals surface area contributed by atoms with Crippen LogP contribution in [0.3, 0.4) is 0 Å². The largest absolute Gasteiger partial charge is 0.352 e. The Morgan fingerprint density at radius 2 is 2.09 bits per heavy atom. The maximum atomic E-state index is 12.1. The lowest BCUT2D eigenvalue weighted by atomic mass is 10.0. The molecule has 124 valence electrons. The molecule has 1 heterocycles. The molecule has 2 rings (SSSR count). The molecular formula is C17H28ClN3O. The van der Waals surface area contributed by atoms with E-state index in [1.807, 2.05) is 0 Å². The van der Waals surface area contributed by atoms with Gasteiger partial charge in [0, 0.05) is 19.1 Å². The number of nitrogens with zero attached hydrogens (tertiary/aromatic N) is 1. The van der Waals surface area contributed by atoms with Gasteiger partial charge in [-0.15, -0.1) is 12.4 Å². The summed E-state index contributed by atoms with van der Waals surface area (Å²) in [6.07, 6.45) is 2.01.